The summed E-state index contributed by atoms with van der Waals surface area (Å²) in [5.41, 5.74) is 4.17. The fourth-order valence-electron chi connectivity index (χ4n) is 3.04. The van der Waals surface area contributed by atoms with Gasteiger partial charge in [0.05, 0.1) is 40.4 Å². The topological polar surface area (TPSA) is 103 Å². The number of aryl methyl sites for hydroxylation is 2. The van der Waals surface area contributed by atoms with Gasteiger partial charge in [-0.15, -0.1) is 10.2 Å². The van der Waals surface area contributed by atoms with E-state index in [1.165, 1.54) is 11.3 Å². The number of rotatable bonds is 9. The van der Waals surface area contributed by atoms with Gasteiger partial charge in [-0.25, -0.2) is 4.98 Å². The van der Waals surface area contributed by atoms with Gasteiger partial charge < -0.3 is 15.4 Å². The molecule has 168 valence electrons. The molecular formula is C21H28N8OSSi. The molecule has 0 unspecified atom stereocenters. The van der Waals surface area contributed by atoms with Crippen molar-refractivity contribution in [1.82, 2.24) is 29.9 Å². The Morgan fingerprint density at radius 1 is 1.09 bits per heavy atom. The molecule has 4 aromatic rings. The Bertz CT molecular complexity index is 1220. The van der Waals surface area contributed by atoms with Crippen molar-refractivity contribution in [2.45, 2.75) is 32.6 Å². The van der Waals surface area contributed by atoms with Crippen molar-refractivity contribution in [2.75, 3.05) is 24.0 Å². The number of aromatic nitrogens is 6. The van der Waals surface area contributed by atoms with E-state index in [4.69, 9.17) is 9.72 Å². The number of nitrogens with zero attached hydrogens (tertiary/aromatic N) is 6. The highest BCUT2D eigenvalue weighted by Crippen LogP contribution is 2.32. The van der Waals surface area contributed by atoms with E-state index in [9.17, 15) is 0 Å². The summed E-state index contributed by atoms with van der Waals surface area (Å²) in [5.74, 6) is 0.710. The molecule has 0 saturated heterocycles. The molecule has 32 heavy (non-hydrogen) atoms. The largest absolute Gasteiger partial charge is 0.362 e. The summed E-state index contributed by atoms with van der Waals surface area (Å²) in [6.07, 6.45) is 5.46. The van der Waals surface area contributed by atoms with Crippen LogP contribution in [0.4, 0.5) is 17.2 Å². The Morgan fingerprint density at radius 3 is 2.62 bits per heavy atom. The average molecular weight is 469 g/mol. The second kappa shape index (κ2) is 9.31. The third kappa shape index (κ3) is 5.67. The summed E-state index contributed by atoms with van der Waals surface area (Å²) in [5, 5.41) is 21.0. The van der Waals surface area contributed by atoms with Crippen LogP contribution < -0.4 is 10.6 Å². The van der Waals surface area contributed by atoms with Crippen LogP contribution >= 0.6 is 11.3 Å². The van der Waals surface area contributed by atoms with Gasteiger partial charge in [0.2, 0.25) is 0 Å². The Hall–Kier alpha value is -2.89. The fraction of sp³-hybridized carbons (Fsp3) is 0.381. The zero-order valence-electron chi connectivity index (χ0n) is 19.0. The summed E-state index contributed by atoms with van der Waals surface area (Å²) in [6, 6.07) is 5.10. The maximum Gasteiger partial charge on any atom is 0.151 e. The third-order valence-electron chi connectivity index (χ3n) is 4.75. The van der Waals surface area contributed by atoms with Crippen molar-refractivity contribution in [3.63, 3.8) is 0 Å². The van der Waals surface area contributed by atoms with Gasteiger partial charge in [0.15, 0.2) is 5.01 Å². The van der Waals surface area contributed by atoms with Crippen molar-refractivity contribution < 1.29 is 4.74 Å². The van der Waals surface area contributed by atoms with Crippen LogP contribution in [0.3, 0.4) is 0 Å². The van der Waals surface area contributed by atoms with Crippen molar-refractivity contribution in [3.8, 4) is 10.6 Å². The second-order valence-electron chi connectivity index (χ2n) is 8.84. The highest BCUT2D eigenvalue weighted by atomic mass is 32.1. The van der Waals surface area contributed by atoms with E-state index in [0.717, 1.165) is 50.6 Å². The predicted molar refractivity (Wildman–Crippen MR) is 132 cm³/mol. The molecule has 0 amide bonds. The predicted octanol–water partition coefficient (Wildman–Crippen LogP) is 4.66. The fourth-order valence-corrected chi connectivity index (χ4v) is 4.51. The number of nitrogens with one attached hydrogen (secondary N) is 2. The van der Waals surface area contributed by atoms with Gasteiger partial charge in [-0.1, -0.05) is 31.0 Å². The van der Waals surface area contributed by atoms with Gasteiger partial charge in [-0.05, 0) is 25.1 Å². The normalized spacial score (nSPS) is 11.8. The van der Waals surface area contributed by atoms with Crippen LogP contribution in [0.2, 0.25) is 25.7 Å². The lowest BCUT2D eigenvalue weighted by molar-refractivity contribution is 0.165. The summed E-state index contributed by atoms with van der Waals surface area (Å²) in [7, 11) is 0.754. The SMILES string of the molecule is Cc1nnc(-c2cc3ncc(Nc4cnn(C)c4)cc3nc2NCOCC[Si](C)(C)C)s1. The standard InChI is InChI=1S/C21H28N8OSSi/c1-14-27-28-21(31-14)17-9-18-19(26-20(17)23-13-30-6-7-32(3,4)5)8-15(10-22-18)25-16-11-24-29(2)12-16/h8-12,25H,6-7,13H2,1-5H3,(H,23,26). The van der Waals surface area contributed by atoms with E-state index in [1.54, 1.807) is 17.1 Å². The summed E-state index contributed by atoms with van der Waals surface area (Å²) < 4.78 is 7.59. The molecule has 0 aliphatic rings. The van der Waals surface area contributed by atoms with E-state index in [-0.39, 0.29) is 0 Å². The summed E-state index contributed by atoms with van der Waals surface area (Å²) >= 11 is 1.53. The van der Waals surface area contributed by atoms with E-state index in [1.807, 2.05) is 32.3 Å². The Kier molecular flexibility index (Phi) is 6.49. The van der Waals surface area contributed by atoms with E-state index in [2.05, 4.69) is 50.6 Å². The average Bonchev–Trinajstić information content (AvgIpc) is 3.34. The second-order valence-corrected chi connectivity index (χ2v) is 15.6. The molecule has 4 heterocycles. The molecular weight excluding hydrogens is 440 g/mol. The molecule has 0 aromatic carbocycles. The maximum atomic E-state index is 5.84. The number of hydrogen-bond donors (Lipinski definition) is 2. The van der Waals surface area contributed by atoms with Crippen LogP contribution in [0.5, 0.6) is 0 Å². The van der Waals surface area contributed by atoms with Gasteiger partial charge in [-0.3, -0.25) is 9.67 Å². The molecule has 0 saturated carbocycles. The van der Waals surface area contributed by atoms with E-state index < -0.39 is 8.07 Å². The monoisotopic (exact) mass is 468 g/mol. The van der Waals surface area contributed by atoms with Crippen LogP contribution in [0.15, 0.2) is 30.7 Å². The first-order valence-corrected chi connectivity index (χ1v) is 15.0. The number of pyridine rings is 2. The molecule has 0 aliphatic heterocycles. The first kappa shape index (κ1) is 22.3. The molecule has 4 aromatic heterocycles. The minimum absolute atomic E-state index is 0.384. The molecule has 0 aliphatic carbocycles. The van der Waals surface area contributed by atoms with Crippen LogP contribution in [-0.2, 0) is 11.8 Å². The molecule has 11 heteroatoms. The highest BCUT2D eigenvalue weighted by Gasteiger charge is 2.15. The first-order valence-electron chi connectivity index (χ1n) is 10.5. The Labute approximate surface area is 192 Å². The smallest absolute Gasteiger partial charge is 0.151 e. The van der Waals surface area contributed by atoms with Crippen molar-refractivity contribution in [3.05, 3.63) is 35.7 Å². The lowest BCUT2D eigenvalue weighted by Gasteiger charge is -2.16. The zero-order valence-corrected chi connectivity index (χ0v) is 20.8. The number of fused-ring (bicyclic) bond motifs is 1. The molecule has 2 N–H and O–H groups in total. The Morgan fingerprint density at radius 2 is 1.94 bits per heavy atom. The number of anilines is 3. The van der Waals surface area contributed by atoms with E-state index >= 15 is 0 Å². The third-order valence-corrected chi connectivity index (χ3v) is 7.33. The molecule has 0 radical (unpaired) electrons. The number of hydrogen-bond acceptors (Lipinski definition) is 9. The van der Waals surface area contributed by atoms with E-state index in [0.29, 0.717) is 12.5 Å². The minimum Gasteiger partial charge on any atom is -0.362 e. The van der Waals surface area contributed by atoms with Gasteiger partial charge >= 0.3 is 0 Å². The summed E-state index contributed by atoms with van der Waals surface area (Å²) in [6.45, 7) is 10.1. The van der Waals surface area contributed by atoms with Crippen molar-refractivity contribution in [1.29, 1.82) is 0 Å². The molecule has 9 nitrogen and oxygen atoms in total. The van der Waals surface area contributed by atoms with Gasteiger partial charge in [0.1, 0.15) is 17.6 Å². The molecule has 0 atom stereocenters. The quantitative estimate of drug-likeness (QED) is 0.208. The first-order chi connectivity index (χ1) is 15.3. The lowest BCUT2D eigenvalue weighted by atomic mass is 10.2. The van der Waals surface area contributed by atoms with Gasteiger partial charge in [0.25, 0.3) is 0 Å². The molecule has 4 rings (SSSR count). The van der Waals surface area contributed by atoms with Crippen LogP contribution in [-0.4, -0.2) is 51.4 Å². The zero-order chi connectivity index (χ0) is 22.7. The van der Waals surface area contributed by atoms with Crippen LogP contribution in [0.1, 0.15) is 5.01 Å². The molecule has 0 fully saturated rings. The maximum absolute atomic E-state index is 5.84. The van der Waals surface area contributed by atoms with Gasteiger partial charge in [-0.2, -0.15) is 5.10 Å². The summed E-state index contributed by atoms with van der Waals surface area (Å²) in [4.78, 5) is 9.45. The minimum atomic E-state index is -1.13. The van der Waals surface area contributed by atoms with Crippen LogP contribution in [0, 0.1) is 6.92 Å². The Balaban J connectivity index is 1.59. The molecule has 0 spiro atoms. The molecule has 0 bridgehead atoms. The van der Waals surface area contributed by atoms with Crippen LogP contribution in [0.25, 0.3) is 21.6 Å². The van der Waals surface area contributed by atoms with Crippen molar-refractivity contribution >= 4 is 47.6 Å². The highest BCUT2D eigenvalue weighted by molar-refractivity contribution is 7.14. The van der Waals surface area contributed by atoms with Gasteiger partial charge in [0, 0.05) is 27.9 Å². The van der Waals surface area contributed by atoms with Crippen molar-refractivity contribution in [2.24, 2.45) is 7.05 Å². The number of ether oxygens (including phenoxy) is 1. The lowest BCUT2D eigenvalue weighted by Crippen LogP contribution is -2.22.